The zero-order chi connectivity index (χ0) is 17.7. The molecule has 5 nitrogen and oxygen atoms in total. The smallest absolute Gasteiger partial charge is 0.316 e. The van der Waals surface area contributed by atoms with Gasteiger partial charge in [0.1, 0.15) is 17.6 Å². The number of ketones is 2. The van der Waals surface area contributed by atoms with Gasteiger partial charge in [0.2, 0.25) is 0 Å². The fraction of sp³-hybridized carbons (Fsp3) is 0.474. The average Bonchev–Trinajstić information content (AvgIpc) is 2.53. The summed E-state index contributed by atoms with van der Waals surface area (Å²) < 4.78 is 4.75. The lowest BCUT2D eigenvalue weighted by Crippen LogP contribution is -2.50. The fourth-order valence-electron chi connectivity index (χ4n) is 3.11. The van der Waals surface area contributed by atoms with E-state index in [1.54, 1.807) is 13.8 Å². The monoisotopic (exact) mass is 329 g/mol. The van der Waals surface area contributed by atoms with Crippen molar-refractivity contribution >= 4 is 23.8 Å². The summed E-state index contributed by atoms with van der Waals surface area (Å²) >= 11 is 0. The van der Waals surface area contributed by atoms with Gasteiger partial charge in [-0.3, -0.25) is 19.4 Å². The van der Waals surface area contributed by atoms with Gasteiger partial charge in [0, 0.05) is 19.2 Å². The Morgan fingerprint density at radius 1 is 1.29 bits per heavy atom. The van der Waals surface area contributed by atoms with Crippen molar-refractivity contribution in [1.29, 1.82) is 0 Å². The third-order valence-corrected chi connectivity index (χ3v) is 4.41. The molecular formula is C19H23NO4. The minimum Gasteiger partial charge on any atom is -0.468 e. The first-order valence-electron chi connectivity index (χ1n) is 8.05. The molecular weight excluding hydrogens is 306 g/mol. The summed E-state index contributed by atoms with van der Waals surface area (Å²) in [5.74, 6) is -3.05. The molecule has 1 fully saturated rings. The van der Waals surface area contributed by atoms with Crippen LogP contribution in [-0.2, 0) is 25.5 Å². The molecule has 0 radical (unpaired) electrons. The Kier molecular flexibility index (Phi) is 5.65. The Labute approximate surface area is 142 Å². The van der Waals surface area contributed by atoms with Crippen LogP contribution in [0, 0.1) is 17.3 Å². The second-order valence-electron chi connectivity index (χ2n) is 6.76. The van der Waals surface area contributed by atoms with E-state index in [0.717, 1.165) is 12.0 Å². The van der Waals surface area contributed by atoms with Gasteiger partial charge in [-0.05, 0) is 17.4 Å². The van der Waals surface area contributed by atoms with E-state index in [4.69, 9.17) is 4.74 Å². The molecule has 2 rings (SSSR count). The van der Waals surface area contributed by atoms with Crippen molar-refractivity contribution in [2.45, 2.75) is 26.7 Å². The van der Waals surface area contributed by atoms with Gasteiger partial charge in [0.05, 0.1) is 7.11 Å². The summed E-state index contributed by atoms with van der Waals surface area (Å²) in [4.78, 5) is 41.1. The number of Topliss-reactive ketones (excluding diaryl/α,β-unsaturated/α-hetero) is 2. The van der Waals surface area contributed by atoms with Gasteiger partial charge in [-0.2, -0.15) is 0 Å². The number of hydrogen-bond donors (Lipinski definition) is 0. The highest BCUT2D eigenvalue weighted by molar-refractivity contribution is 6.21. The highest BCUT2D eigenvalue weighted by atomic mass is 16.5. The maximum Gasteiger partial charge on any atom is 0.316 e. The van der Waals surface area contributed by atoms with Crippen LogP contribution in [-0.4, -0.2) is 37.4 Å². The number of carbonyl (C=O) groups excluding carboxylic acids is 3. The van der Waals surface area contributed by atoms with Gasteiger partial charge < -0.3 is 4.74 Å². The number of hydrogen-bond acceptors (Lipinski definition) is 5. The average molecular weight is 329 g/mol. The lowest BCUT2D eigenvalue weighted by Gasteiger charge is -2.37. The van der Waals surface area contributed by atoms with E-state index in [9.17, 15) is 14.4 Å². The van der Waals surface area contributed by atoms with Gasteiger partial charge in [0.15, 0.2) is 5.78 Å². The van der Waals surface area contributed by atoms with Crippen molar-refractivity contribution in [1.82, 2.24) is 0 Å². The van der Waals surface area contributed by atoms with Crippen LogP contribution in [0.2, 0.25) is 0 Å². The highest BCUT2D eigenvalue weighted by Gasteiger charge is 2.51. The molecule has 1 aliphatic carbocycles. The molecule has 0 aromatic heterocycles. The molecule has 1 aromatic rings. The minimum absolute atomic E-state index is 0.161. The number of nitrogens with zero attached hydrogens (tertiary/aromatic N) is 1. The zero-order valence-corrected chi connectivity index (χ0v) is 14.3. The van der Waals surface area contributed by atoms with Crippen molar-refractivity contribution in [3.63, 3.8) is 0 Å². The molecule has 0 N–H and O–H groups in total. The molecule has 0 spiro atoms. The second-order valence-corrected chi connectivity index (χ2v) is 6.76. The summed E-state index contributed by atoms with van der Waals surface area (Å²) in [7, 11) is 1.26. The predicted molar refractivity (Wildman–Crippen MR) is 90.9 cm³/mol. The Bertz CT molecular complexity index is 649. The molecule has 2 atom stereocenters. The number of esters is 1. The Morgan fingerprint density at radius 2 is 1.96 bits per heavy atom. The molecule has 0 saturated heterocycles. The fourth-order valence-corrected chi connectivity index (χ4v) is 3.11. The highest BCUT2D eigenvalue weighted by Crippen LogP contribution is 2.39. The Hall–Kier alpha value is -2.30. The van der Waals surface area contributed by atoms with Gasteiger partial charge in [-0.25, -0.2) is 0 Å². The van der Waals surface area contributed by atoms with E-state index in [-0.39, 0.29) is 12.2 Å². The van der Waals surface area contributed by atoms with E-state index in [0.29, 0.717) is 6.54 Å². The molecule has 1 aromatic carbocycles. The number of carbonyl (C=O) groups is 3. The van der Waals surface area contributed by atoms with Gasteiger partial charge in [0.25, 0.3) is 0 Å². The SMILES string of the molecule is COC(=O)[C@@H]1C(=O)[C@@H](C=NCCc2ccccc2)C(=O)CC1(C)C. The summed E-state index contributed by atoms with van der Waals surface area (Å²) in [5.41, 5.74) is 0.417. The van der Waals surface area contributed by atoms with Gasteiger partial charge >= 0.3 is 5.97 Å². The number of rotatable bonds is 5. The van der Waals surface area contributed by atoms with Crippen LogP contribution in [0.4, 0.5) is 0 Å². The Balaban J connectivity index is 2.06. The zero-order valence-electron chi connectivity index (χ0n) is 14.3. The molecule has 0 heterocycles. The van der Waals surface area contributed by atoms with E-state index in [1.165, 1.54) is 13.3 Å². The van der Waals surface area contributed by atoms with Crippen molar-refractivity contribution in [2.75, 3.05) is 13.7 Å². The third kappa shape index (κ3) is 3.96. The molecule has 0 unspecified atom stereocenters. The maximum atomic E-state index is 12.6. The molecule has 0 amide bonds. The van der Waals surface area contributed by atoms with Crippen molar-refractivity contribution < 1.29 is 19.1 Å². The van der Waals surface area contributed by atoms with Crippen molar-refractivity contribution in [3.05, 3.63) is 35.9 Å². The topological polar surface area (TPSA) is 72.8 Å². The predicted octanol–water partition coefficient (Wildman–Crippen LogP) is 2.27. The summed E-state index contributed by atoms with van der Waals surface area (Å²) in [5, 5.41) is 0. The second kappa shape index (κ2) is 7.51. The normalized spacial score (nSPS) is 23.5. The van der Waals surface area contributed by atoms with Crippen LogP contribution in [0.25, 0.3) is 0 Å². The quantitative estimate of drug-likeness (QED) is 0.472. The molecule has 5 heteroatoms. The van der Waals surface area contributed by atoms with Crippen LogP contribution < -0.4 is 0 Å². The minimum atomic E-state index is -0.946. The van der Waals surface area contributed by atoms with Crippen LogP contribution in [0.5, 0.6) is 0 Å². The lowest BCUT2D eigenvalue weighted by atomic mass is 9.64. The molecule has 0 aliphatic heterocycles. The van der Waals surface area contributed by atoms with Crippen LogP contribution in [0.15, 0.2) is 35.3 Å². The summed E-state index contributed by atoms with van der Waals surface area (Å²) in [6.45, 7) is 3.98. The lowest BCUT2D eigenvalue weighted by molar-refractivity contribution is -0.159. The van der Waals surface area contributed by atoms with E-state index in [1.807, 2.05) is 30.3 Å². The molecule has 24 heavy (non-hydrogen) atoms. The maximum absolute atomic E-state index is 12.6. The first-order chi connectivity index (χ1) is 11.4. The van der Waals surface area contributed by atoms with Crippen LogP contribution in [0.3, 0.4) is 0 Å². The third-order valence-electron chi connectivity index (χ3n) is 4.41. The largest absolute Gasteiger partial charge is 0.468 e. The Morgan fingerprint density at radius 3 is 2.58 bits per heavy atom. The first kappa shape index (κ1) is 18.0. The number of aliphatic imine (C=N–C) groups is 1. The van der Waals surface area contributed by atoms with Crippen molar-refractivity contribution in [3.8, 4) is 0 Å². The van der Waals surface area contributed by atoms with Gasteiger partial charge in [-0.15, -0.1) is 0 Å². The molecule has 128 valence electrons. The molecule has 1 aliphatic rings. The van der Waals surface area contributed by atoms with Crippen molar-refractivity contribution in [2.24, 2.45) is 22.2 Å². The summed E-state index contributed by atoms with van der Waals surface area (Å²) in [6, 6.07) is 9.86. The van der Waals surface area contributed by atoms with Crippen LogP contribution >= 0.6 is 0 Å². The number of methoxy groups -OCH3 is 1. The number of ether oxygens (including phenoxy) is 1. The van der Waals surface area contributed by atoms with E-state index in [2.05, 4.69) is 4.99 Å². The molecule has 0 bridgehead atoms. The molecule has 1 saturated carbocycles. The number of benzene rings is 1. The van der Waals surface area contributed by atoms with E-state index < -0.39 is 29.0 Å². The van der Waals surface area contributed by atoms with Gasteiger partial charge in [-0.1, -0.05) is 44.2 Å². The van der Waals surface area contributed by atoms with Crippen LogP contribution in [0.1, 0.15) is 25.8 Å². The first-order valence-corrected chi connectivity index (χ1v) is 8.05. The standard InChI is InChI=1S/C19H23NO4/c1-19(2)11-15(21)14(17(22)16(19)18(23)24-3)12-20-10-9-13-7-5-4-6-8-13/h4-8,12,14,16H,9-11H2,1-3H3/t14-,16-/m0/s1. The van der Waals surface area contributed by atoms with E-state index >= 15 is 0 Å². The summed E-state index contributed by atoms with van der Waals surface area (Å²) in [6.07, 6.45) is 2.30.